The number of methoxy groups -OCH3 is 1. The van der Waals surface area contributed by atoms with E-state index in [0.717, 1.165) is 22.1 Å². The molecule has 10 heteroatoms. The molecule has 8 nitrogen and oxygen atoms in total. The normalized spacial score (nSPS) is 17.6. The second-order valence-corrected chi connectivity index (χ2v) is 12.3. The molecule has 0 aliphatic carbocycles. The number of ether oxygens (including phenoxy) is 1. The number of amides is 2. The summed E-state index contributed by atoms with van der Waals surface area (Å²) in [5.74, 6) is -0.138. The molecular formula is C28H28BrN3O5S. The summed E-state index contributed by atoms with van der Waals surface area (Å²) >= 11 is 3.33. The van der Waals surface area contributed by atoms with Crippen LogP contribution in [0.4, 0.5) is 11.4 Å². The minimum Gasteiger partial charge on any atom is -0.497 e. The number of halogens is 1. The van der Waals surface area contributed by atoms with Gasteiger partial charge in [0.2, 0.25) is 15.9 Å². The number of sulfonamides is 1. The van der Waals surface area contributed by atoms with Crippen LogP contribution < -0.4 is 15.0 Å². The van der Waals surface area contributed by atoms with Crippen molar-refractivity contribution >= 4 is 49.1 Å². The van der Waals surface area contributed by atoms with E-state index in [2.05, 4.69) is 21.2 Å². The number of benzene rings is 3. The molecule has 0 radical (unpaired) electrons. The molecule has 1 saturated heterocycles. The highest BCUT2D eigenvalue weighted by molar-refractivity contribution is 9.10. The Morgan fingerprint density at radius 1 is 1.00 bits per heavy atom. The van der Waals surface area contributed by atoms with E-state index in [-0.39, 0.29) is 23.3 Å². The molecule has 1 N–H and O–H groups in total. The van der Waals surface area contributed by atoms with Crippen molar-refractivity contribution in [2.75, 3.05) is 37.0 Å². The third-order valence-electron chi connectivity index (χ3n) is 7.04. The second kappa shape index (κ2) is 10.9. The van der Waals surface area contributed by atoms with Gasteiger partial charge >= 0.3 is 0 Å². The zero-order chi connectivity index (χ0) is 26.9. The Kier molecular flexibility index (Phi) is 7.56. The van der Waals surface area contributed by atoms with E-state index in [1.807, 2.05) is 18.2 Å². The van der Waals surface area contributed by atoms with E-state index in [1.54, 1.807) is 60.5 Å². The molecule has 38 heavy (non-hydrogen) atoms. The predicted molar refractivity (Wildman–Crippen MR) is 149 cm³/mol. The van der Waals surface area contributed by atoms with Gasteiger partial charge in [-0.15, -0.1) is 0 Å². The summed E-state index contributed by atoms with van der Waals surface area (Å²) in [5, 5.41) is 2.95. The standard InChI is InChI=1S/C28H28BrN3O5S/c1-37-24-10-5-20(6-11-24)28(34)32-16-14-19-4-9-23(17-26(19)32)30-27(33)21-3-2-15-31(18-21)38(35,36)25-12-7-22(29)8-13-25/h4-13,17,21H,2-3,14-16,18H2,1H3,(H,30,33)/t21-/m1/s1. The minimum atomic E-state index is -3.69. The van der Waals surface area contributed by atoms with Gasteiger partial charge in [-0.25, -0.2) is 8.42 Å². The fourth-order valence-electron chi connectivity index (χ4n) is 4.93. The lowest BCUT2D eigenvalue weighted by Crippen LogP contribution is -2.43. The largest absolute Gasteiger partial charge is 0.497 e. The summed E-state index contributed by atoms with van der Waals surface area (Å²) in [5.41, 5.74) is 2.94. The lowest BCUT2D eigenvalue weighted by molar-refractivity contribution is -0.120. The molecule has 0 aromatic heterocycles. The Hall–Kier alpha value is -3.21. The van der Waals surface area contributed by atoms with Crippen LogP contribution in [0.15, 0.2) is 76.1 Å². The van der Waals surface area contributed by atoms with Crippen molar-refractivity contribution in [2.24, 2.45) is 5.92 Å². The number of hydrogen-bond donors (Lipinski definition) is 1. The summed E-state index contributed by atoms with van der Waals surface area (Å²) in [6, 6.07) is 19.1. The van der Waals surface area contributed by atoms with E-state index in [9.17, 15) is 18.0 Å². The van der Waals surface area contributed by atoms with Gasteiger partial charge in [-0.3, -0.25) is 9.59 Å². The van der Waals surface area contributed by atoms with Gasteiger partial charge in [0.15, 0.2) is 0 Å². The number of fused-ring (bicyclic) bond motifs is 1. The van der Waals surface area contributed by atoms with E-state index >= 15 is 0 Å². The quantitative estimate of drug-likeness (QED) is 0.444. The van der Waals surface area contributed by atoms with Gasteiger partial charge in [-0.2, -0.15) is 4.31 Å². The molecule has 2 heterocycles. The van der Waals surface area contributed by atoms with Gasteiger partial charge in [0.25, 0.3) is 5.91 Å². The summed E-state index contributed by atoms with van der Waals surface area (Å²) in [6.45, 7) is 1.06. The molecule has 1 atom stereocenters. The van der Waals surface area contributed by atoms with Crippen LogP contribution in [0.3, 0.4) is 0 Å². The summed E-state index contributed by atoms with van der Waals surface area (Å²) < 4.78 is 33.7. The van der Waals surface area contributed by atoms with Crippen LogP contribution in [0.2, 0.25) is 0 Å². The number of nitrogens with zero attached hydrogens (tertiary/aromatic N) is 2. The van der Waals surface area contributed by atoms with Crippen LogP contribution >= 0.6 is 15.9 Å². The maximum Gasteiger partial charge on any atom is 0.258 e. The number of piperidine rings is 1. The molecule has 2 aliphatic heterocycles. The third-order valence-corrected chi connectivity index (χ3v) is 9.44. The SMILES string of the molecule is COc1ccc(C(=O)N2CCc3ccc(NC(=O)[C@@H]4CCCN(S(=O)(=O)c5ccc(Br)cc5)C4)cc32)cc1. The fourth-order valence-corrected chi connectivity index (χ4v) is 6.72. The average molecular weight is 599 g/mol. The Bertz CT molecular complexity index is 1460. The van der Waals surface area contributed by atoms with Gasteiger partial charge in [0.1, 0.15) is 5.75 Å². The van der Waals surface area contributed by atoms with Crippen molar-refractivity contribution in [3.8, 4) is 5.75 Å². The lowest BCUT2D eigenvalue weighted by Gasteiger charge is -2.31. The van der Waals surface area contributed by atoms with Crippen LogP contribution in [0.1, 0.15) is 28.8 Å². The van der Waals surface area contributed by atoms with Crippen LogP contribution in [-0.4, -0.2) is 51.3 Å². The maximum atomic E-state index is 13.2. The highest BCUT2D eigenvalue weighted by Crippen LogP contribution is 2.33. The van der Waals surface area contributed by atoms with E-state index in [4.69, 9.17) is 4.74 Å². The number of rotatable bonds is 6. The van der Waals surface area contributed by atoms with Gasteiger partial charge in [0.05, 0.1) is 17.9 Å². The van der Waals surface area contributed by atoms with E-state index < -0.39 is 15.9 Å². The first-order chi connectivity index (χ1) is 18.3. The molecule has 3 aromatic rings. The molecule has 1 fully saturated rings. The van der Waals surface area contributed by atoms with Crippen molar-refractivity contribution in [1.82, 2.24) is 4.31 Å². The molecule has 0 spiro atoms. The van der Waals surface area contributed by atoms with Crippen LogP contribution in [0.25, 0.3) is 0 Å². The molecule has 0 saturated carbocycles. The topological polar surface area (TPSA) is 96.0 Å². The van der Waals surface area contributed by atoms with Crippen molar-refractivity contribution in [1.29, 1.82) is 0 Å². The maximum absolute atomic E-state index is 13.2. The number of hydrogen-bond acceptors (Lipinski definition) is 5. The second-order valence-electron chi connectivity index (χ2n) is 9.42. The van der Waals surface area contributed by atoms with Crippen molar-refractivity contribution in [3.05, 3.63) is 82.3 Å². The summed E-state index contributed by atoms with van der Waals surface area (Å²) in [4.78, 5) is 28.3. The first kappa shape index (κ1) is 26.4. The smallest absolute Gasteiger partial charge is 0.258 e. The number of nitrogens with one attached hydrogen (secondary N) is 1. The third kappa shape index (κ3) is 5.34. The Morgan fingerprint density at radius 3 is 2.45 bits per heavy atom. The van der Waals surface area contributed by atoms with Crippen LogP contribution in [0, 0.1) is 5.92 Å². The molecule has 0 bridgehead atoms. The molecule has 3 aromatic carbocycles. The minimum absolute atomic E-state index is 0.115. The van der Waals surface area contributed by atoms with Crippen LogP contribution in [-0.2, 0) is 21.2 Å². The number of carbonyl (C=O) groups excluding carboxylic acids is 2. The first-order valence-corrected chi connectivity index (χ1v) is 14.6. The first-order valence-electron chi connectivity index (χ1n) is 12.4. The van der Waals surface area contributed by atoms with Gasteiger partial charge in [0, 0.05) is 41.0 Å². The van der Waals surface area contributed by atoms with Gasteiger partial charge in [-0.05, 0) is 85.5 Å². The summed E-state index contributed by atoms with van der Waals surface area (Å²) in [6.07, 6.45) is 1.93. The average Bonchev–Trinajstić information content (AvgIpc) is 3.36. The predicted octanol–water partition coefficient (Wildman–Crippen LogP) is 4.70. The van der Waals surface area contributed by atoms with Crippen LogP contribution in [0.5, 0.6) is 5.75 Å². The zero-order valence-electron chi connectivity index (χ0n) is 20.9. The molecule has 2 aliphatic rings. The fraction of sp³-hybridized carbons (Fsp3) is 0.286. The Labute approximate surface area is 230 Å². The lowest BCUT2D eigenvalue weighted by atomic mass is 9.98. The van der Waals surface area contributed by atoms with E-state index in [1.165, 1.54) is 4.31 Å². The van der Waals surface area contributed by atoms with E-state index in [0.29, 0.717) is 42.9 Å². The van der Waals surface area contributed by atoms with Gasteiger partial charge < -0.3 is 15.0 Å². The van der Waals surface area contributed by atoms with Crippen molar-refractivity contribution in [2.45, 2.75) is 24.2 Å². The molecule has 0 unspecified atom stereocenters. The highest BCUT2D eigenvalue weighted by atomic mass is 79.9. The van der Waals surface area contributed by atoms with Crippen molar-refractivity contribution < 1.29 is 22.7 Å². The molecular weight excluding hydrogens is 570 g/mol. The number of anilines is 2. The Morgan fingerprint density at radius 2 is 1.74 bits per heavy atom. The molecule has 198 valence electrons. The highest BCUT2D eigenvalue weighted by Gasteiger charge is 2.34. The monoisotopic (exact) mass is 597 g/mol. The molecule has 5 rings (SSSR count). The molecule has 2 amide bonds. The van der Waals surface area contributed by atoms with Crippen molar-refractivity contribution in [3.63, 3.8) is 0 Å². The van der Waals surface area contributed by atoms with Gasteiger partial charge in [-0.1, -0.05) is 22.0 Å². The zero-order valence-corrected chi connectivity index (χ0v) is 23.3. The summed E-state index contributed by atoms with van der Waals surface area (Å²) in [7, 11) is -2.11. The Balaban J connectivity index is 1.28. The number of carbonyl (C=O) groups is 2.